The average Bonchev–Trinajstić information content (AvgIpc) is 2.72. The zero-order valence-corrected chi connectivity index (χ0v) is 17.2. The van der Waals surface area contributed by atoms with Gasteiger partial charge in [-0.1, -0.05) is 23.8 Å². The standard InChI is InChI=1S/C23H24N2O5/c1-4-29-23(28)16(3)30-20-7-5-6-19-18(20)12-13-25(22(19)27)14-21(26)24-17-10-8-15(2)9-11-17/h5-13,16H,4,14H2,1-3H3,(H,24,26)/t16-/m0/s1. The molecule has 1 N–H and O–H groups in total. The van der Waals surface area contributed by atoms with E-state index in [4.69, 9.17) is 9.47 Å². The number of amides is 1. The molecule has 1 atom stereocenters. The molecule has 30 heavy (non-hydrogen) atoms. The molecule has 1 aromatic heterocycles. The van der Waals surface area contributed by atoms with Crippen LogP contribution in [0, 0.1) is 6.92 Å². The third-order valence-corrected chi connectivity index (χ3v) is 4.55. The van der Waals surface area contributed by atoms with Gasteiger partial charge in [0.1, 0.15) is 12.3 Å². The Morgan fingerprint density at radius 2 is 1.80 bits per heavy atom. The van der Waals surface area contributed by atoms with Crippen molar-refractivity contribution in [3.63, 3.8) is 0 Å². The summed E-state index contributed by atoms with van der Waals surface area (Å²) in [4.78, 5) is 37.1. The molecule has 0 radical (unpaired) electrons. The maximum atomic E-state index is 12.9. The Labute approximate surface area is 174 Å². The highest BCUT2D eigenvalue weighted by Crippen LogP contribution is 2.24. The lowest BCUT2D eigenvalue weighted by molar-refractivity contribution is -0.150. The van der Waals surface area contributed by atoms with E-state index in [0.717, 1.165) is 5.56 Å². The van der Waals surface area contributed by atoms with Crippen LogP contribution in [-0.2, 0) is 20.9 Å². The molecule has 3 rings (SSSR count). The van der Waals surface area contributed by atoms with Crippen LogP contribution >= 0.6 is 0 Å². The van der Waals surface area contributed by atoms with E-state index in [0.29, 0.717) is 22.2 Å². The van der Waals surface area contributed by atoms with Crippen molar-refractivity contribution >= 4 is 28.3 Å². The molecule has 0 aliphatic heterocycles. The van der Waals surface area contributed by atoms with Crippen molar-refractivity contribution in [2.75, 3.05) is 11.9 Å². The number of nitrogens with one attached hydrogen (secondary N) is 1. The fraction of sp³-hybridized carbons (Fsp3) is 0.261. The summed E-state index contributed by atoms with van der Waals surface area (Å²) >= 11 is 0. The first-order chi connectivity index (χ1) is 14.4. The molecule has 1 amide bonds. The Morgan fingerprint density at radius 1 is 1.07 bits per heavy atom. The highest BCUT2D eigenvalue weighted by atomic mass is 16.6. The van der Waals surface area contributed by atoms with Gasteiger partial charge < -0.3 is 19.4 Å². The Kier molecular flexibility index (Phi) is 6.51. The van der Waals surface area contributed by atoms with Crippen LogP contribution in [0.3, 0.4) is 0 Å². The van der Waals surface area contributed by atoms with Gasteiger partial charge in [0.05, 0.1) is 12.0 Å². The molecule has 0 aliphatic rings. The van der Waals surface area contributed by atoms with Crippen molar-refractivity contribution in [2.45, 2.75) is 33.4 Å². The topological polar surface area (TPSA) is 86.6 Å². The van der Waals surface area contributed by atoms with E-state index >= 15 is 0 Å². The second-order valence-electron chi connectivity index (χ2n) is 6.89. The van der Waals surface area contributed by atoms with Crippen molar-refractivity contribution in [2.24, 2.45) is 0 Å². The van der Waals surface area contributed by atoms with Gasteiger partial charge in [0, 0.05) is 17.3 Å². The second kappa shape index (κ2) is 9.26. The molecule has 7 heteroatoms. The average molecular weight is 408 g/mol. The van der Waals surface area contributed by atoms with Crippen LogP contribution in [0.5, 0.6) is 5.75 Å². The molecule has 0 spiro atoms. The number of anilines is 1. The van der Waals surface area contributed by atoms with Crippen LogP contribution in [-0.4, -0.2) is 29.2 Å². The zero-order chi connectivity index (χ0) is 21.7. The highest BCUT2D eigenvalue weighted by Gasteiger charge is 2.18. The van der Waals surface area contributed by atoms with Crippen molar-refractivity contribution in [3.8, 4) is 5.75 Å². The molecule has 3 aromatic rings. The van der Waals surface area contributed by atoms with Crippen LogP contribution < -0.4 is 15.6 Å². The van der Waals surface area contributed by atoms with E-state index in [1.54, 1.807) is 44.3 Å². The molecule has 0 bridgehead atoms. The molecular weight excluding hydrogens is 384 g/mol. The van der Waals surface area contributed by atoms with Crippen LogP contribution in [0.1, 0.15) is 19.4 Å². The van der Waals surface area contributed by atoms with Crippen LogP contribution in [0.2, 0.25) is 0 Å². The highest BCUT2D eigenvalue weighted by molar-refractivity contribution is 5.91. The first-order valence-corrected chi connectivity index (χ1v) is 9.71. The SMILES string of the molecule is CCOC(=O)[C@H](C)Oc1cccc2c(=O)n(CC(=O)Nc3ccc(C)cc3)ccc12. The quantitative estimate of drug-likeness (QED) is 0.607. The summed E-state index contributed by atoms with van der Waals surface area (Å²) in [5.41, 5.74) is 1.44. The van der Waals surface area contributed by atoms with E-state index < -0.39 is 12.1 Å². The number of pyridine rings is 1. The van der Waals surface area contributed by atoms with E-state index in [1.165, 1.54) is 4.57 Å². The summed E-state index contributed by atoms with van der Waals surface area (Å²) < 4.78 is 12.0. The molecule has 2 aromatic carbocycles. The first kappa shape index (κ1) is 21.1. The monoisotopic (exact) mass is 408 g/mol. The number of hydrogen-bond acceptors (Lipinski definition) is 5. The van der Waals surface area contributed by atoms with E-state index in [9.17, 15) is 14.4 Å². The molecule has 0 aliphatic carbocycles. The molecule has 0 unspecified atom stereocenters. The Balaban J connectivity index is 1.80. The van der Waals surface area contributed by atoms with E-state index in [1.807, 2.05) is 31.2 Å². The van der Waals surface area contributed by atoms with Gasteiger partial charge in [-0.3, -0.25) is 9.59 Å². The van der Waals surface area contributed by atoms with E-state index in [2.05, 4.69) is 5.32 Å². The number of aryl methyl sites for hydroxylation is 1. The molecule has 1 heterocycles. The number of benzene rings is 2. The number of carbonyl (C=O) groups is 2. The molecule has 0 saturated heterocycles. The number of esters is 1. The smallest absolute Gasteiger partial charge is 0.347 e. The fourth-order valence-corrected chi connectivity index (χ4v) is 3.01. The number of nitrogens with zero attached hydrogens (tertiary/aromatic N) is 1. The summed E-state index contributed by atoms with van der Waals surface area (Å²) in [7, 11) is 0. The maximum Gasteiger partial charge on any atom is 0.347 e. The lowest BCUT2D eigenvalue weighted by atomic mass is 10.1. The van der Waals surface area contributed by atoms with Gasteiger partial charge in [0.15, 0.2) is 6.10 Å². The second-order valence-corrected chi connectivity index (χ2v) is 6.89. The maximum absolute atomic E-state index is 12.9. The summed E-state index contributed by atoms with van der Waals surface area (Å²) in [6, 6.07) is 14.1. The Bertz CT molecular complexity index is 1120. The van der Waals surface area contributed by atoms with Gasteiger partial charge in [-0.25, -0.2) is 4.79 Å². The lowest BCUT2D eigenvalue weighted by Gasteiger charge is -2.15. The third-order valence-electron chi connectivity index (χ3n) is 4.55. The van der Waals surface area contributed by atoms with Gasteiger partial charge in [0.25, 0.3) is 5.56 Å². The number of fused-ring (bicyclic) bond motifs is 1. The molecule has 156 valence electrons. The molecule has 0 fully saturated rings. The first-order valence-electron chi connectivity index (χ1n) is 9.71. The normalized spacial score (nSPS) is 11.7. The van der Waals surface area contributed by atoms with Crippen LogP contribution in [0.25, 0.3) is 10.8 Å². The van der Waals surface area contributed by atoms with Crippen LogP contribution in [0.15, 0.2) is 59.5 Å². The predicted molar refractivity (Wildman–Crippen MR) is 115 cm³/mol. The third kappa shape index (κ3) is 4.86. The number of rotatable bonds is 7. The van der Waals surface area contributed by atoms with E-state index in [-0.39, 0.29) is 24.6 Å². The minimum Gasteiger partial charge on any atom is -0.478 e. The lowest BCUT2D eigenvalue weighted by Crippen LogP contribution is -2.28. The van der Waals surface area contributed by atoms with Gasteiger partial charge in [-0.05, 0) is 51.1 Å². The van der Waals surface area contributed by atoms with Gasteiger partial charge in [0.2, 0.25) is 5.91 Å². The van der Waals surface area contributed by atoms with Crippen molar-refractivity contribution in [3.05, 3.63) is 70.6 Å². The number of ether oxygens (including phenoxy) is 2. The predicted octanol–water partition coefficient (Wildman–Crippen LogP) is 3.28. The molecule has 7 nitrogen and oxygen atoms in total. The minimum atomic E-state index is -0.807. The fourth-order valence-electron chi connectivity index (χ4n) is 3.01. The number of hydrogen-bond donors (Lipinski definition) is 1. The number of carbonyl (C=O) groups excluding carboxylic acids is 2. The van der Waals surface area contributed by atoms with Crippen molar-refractivity contribution in [1.82, 2.24) is 4.57 Å². The Hall–Kier alpha value is -3.61. The summed E-state index contributed by atoms with van der Waals surface area (Å²) in [5, 5.41) is 3.74. The zero-order valence-electron chi connectivity index (χ0n) is 17.2. The van der Waals surface area contributed by atoms with Gasteiger partial charge >= 0.3 is 5.97 Å². The van der Waals surface area contributed by atoms with Crippen molar-refractivity contribution < 1.29 is 19.1 Å². The van der Waals surface area contributed by atoms with Gasteiger partial charge in [-0.2, -0.15) is 0 Å². The summed E-state index contributed by atoms with van der Waals surface area (Å²) in [6.45, 7) is 5.42. The number of aromatic nitrogens is 1. The van der Waals surface area contributed by atoms with Crippen LogP contribution in [0.4, 0.5) is 5.69 Å². The van der Waals surface area contributed by atoms with Crippen molar-refractivity contribution in [1.29, 1.82) is 0 Å². The van der Waals surface area contributed by atoms with Gasteiger partial charge in [-0.15, -0.1) is 0 Å². The summed E-state index contributed by atoms with van der Waals surface area (Å²) in [6.07, 6.45) is 0.736. The summed E-state index contributed by atoms with van der Waals surface area (Å²) in [5.74, 6) is -0.374. The molecule has 0 saturated carbocycles. The minimum absolute atomic E-state index is 0.118. The Morgan fingerprint density at radius 3 is 2.50 bits per heavy atom. The molecular formula is C23H24N2O5. The largest absolute Gasteiger partial charge is 0.478 e.